The first-order valence-corrected chi connectivity index (χ1v) is 8.77. The lowest BCUT2D eigenvalue weighted by Crippen LogP contribution is -2.37. The highest BCUT2D eigenvalue weighted by Gasteiger charge is 2.17. The average molecular weight is 414 g/mol. The molecule has 0 atom stereocenters. The third kappa shape index (κ3) is 5.74. The van der Waals surface area contributed by atoms with Crippen molar-refractivity contribution >= 4 is 23.9 Å². The first kappa shape index (κ1) is 22.3. The molecule has 158 valence electrons. The Labute approximate surface area is 173 Å². The van der Waals surface area contributed by atoms with Crippen LogP contribution < -0.4 is 24.8 Å². The van der Waals surface area contributed by atoms with Crippen LogP contribution in [0.3, 0.4) is 0 Å². The Hall–Kier alpha value is -4.01. The summed E-state index contributed by atoms with van der Waals surface area (Å²) < 4.78 is 15.6. The van der Waals surface area contributed by atoms with Crippen molar-refractivity contribution in [3.63, 3.8) is 0 Å². The molecule has 30 heavy (non-hydrogen) atoms. The number of carbonyl (C=O) groups is 3. The molecule has 2 rings (SSSR count). The normalized spacial score (nSPS) is 10.7. The van der Waals surface area contributed by atoms with E-state index >= 15 is 0 Å². The van der Waals surface area contributed by atoms with E-state index in [1.165, 1.54) is 39.5 Å². The van der Waals surface area contributed by atoms with E-state index in [0.717, 1.165) is 0 Å². The number of benzene rings is 2. The summed E-state index contributed by atoms with van der Waals surface area (Å²) in [6.07, 6.45) is 1.40. The average Bonchev–Trinajstić information content (AvgIpc) is 2.76. The smallest absolute Gasteiger partial charge is 0.322 e. The van der Waals surface area contributed by atoms with Crippen molar-refractivity contribution in [2.45, 2.75) is 0 Å². The van der Waals surface area contributed by atoms with Gasteiger partial charge in [-0.1, -0.05) is 18.2 Å². The number of para-hydroxylation sites is 1. The molecule has 2 amide bonds. The molecule has 0 radical (unpaired) electrons. The predicted molar refractivity (Wildman–Crippen MR) is 109 cm³/mol. The molecular formula is C21H22N2O7. The number of hydrogen-bond donors (Lipinski definition) is 3. The second kappa shape index (κ2) is 10.5. The van der Waals surface area contributed by atoms with Gasteiger partial charge in [-0.25, -0.2) is 0 Å². The van der Waals surface area contributed by atoms with E-state index in [1.807, 2.05) is 0 Å². The van der Waals surface area contributed by atoms with E-state index in [2.05, 4.69) is 10.6 Å². The molecule has 0 aliphatic heterocycles. The number of carboxylic acid groups (broad SMARTS) is 1. The monoisotopic (exact) mass is 414 g/mol. The SMILES string of the molecule is COc1ccccc1C=C(NC(=O)c1ccc(OC)c(OC)c1)C(=O)NCC(=O)O. The fraction of sp³-hybridized carbons (Fsp3) is 0.190. The molecule has 0 aliphatic rings. The van der Waals surface area contributed by atoms with Crippen LogP contribution in [0.1, 0.15) is 15.9 Å². The zero-order chi connectivity index (χ0) is 22.1. The highest BCUT2D eigenvalue weighted by Crippen LogP contribution is 2.27. The van der Waals surface area contributed by atoms with Crippen molar-refractivity contribution in [2.75, 3.05) is 27.9 Å². The topological polar surface area (TPSA) is 123 Å². The largest absolute Gasteiger partial charge is 0.496 e. The Balaban J connectivity index is 2.37. The van der Waals surface area contributed by atoms with Crippen molar-refractivity contribution in [2.24, 2.45) is 0 Å². The lowest BCUT2D eigenvalue weighted by Gasteiger charge is -2.13. The lowest BCUT2D eigenvalue weighted by atomic mass is 10.1. The van der Waals surface area contributed by atoms with Gasteiger partial charge in [0.15, 0.2) is 11.5 Å². The van der Waals surface area contributed by atoms with Gasteiger partial charge in [0, 0.05) is 11.1 Å². The summed E-state index contributed by atoms with van der Waals surface area (Å²) >= 11 is 0. The van der Waals surface area contributed by atoms with Crippen molar-refractivity contribution in [1.82, 2.24) is 10.6 Å². The van der Waals surface area contributed by atoms with Crippen LogP contribution in [0, 0.1) is 0 Å². The summed E-state index contributed by atoms with van der Waals surface area (Å²) in [7, 11) is 4.38. The molecule has 2 aromatic rings. The van der Waals surface area contributed by atoms with Gasteiger partial charge in [0.05, 0.1) is 21.3 Å². The van der Waals surface area contributed by atoms with Gasteiger partial charge in [-0.05, 0) is 30.3 Å². The number of hydrogen-bond acceptors (Lipinski definition) is 6. The third-order valence-corrected chi connectivity index (χ3v) is 3.98. The van der Waals surface area contributed by atoms with Crippen molar-refractivity contribution < 1.29 is 33.7 Å². The van der Waals surface area contributed by atoms with Gasteiger partial charge >= 0.3 is 5.97 Å². The Morgan fingerprint density at radius 2 is 1.60 bits per heavy atom. The standard InChI is InChI=1S/C21H22N2O7/c1-28-16-7-5-4-6-13(16)10-15(21(27)22-12-19(24)25)23-20(26)14-8-9-17(29-2)18(11-14)30-3/h4-11H,12H2,1-3H3,(H,22,27)(H,23,26)(H,24,25). The van der Waals surface area contributed by atoms with Crippen molar-refractivity contribution in [1.29, 1.82) is 0 Å². The van der Waals surface area contributed by atoms with E-state index in [4.69, 9.17) is 19.3 Å². The molecule has 0 spiro atoms. The minimum absolute atomic E-state index is 0.152. The number of nitrogens with one attached hydrogen (secondary N) is 2. The van der Waals surface area contributed by atoms with E-state index in [9.17, 15) is 14.4 Å². The van der Waals surface area contributed by atoms with Crippen LogP contribution in [0.15, 0.2) is 48.2 Å². The van der Waals surface area contributed by atoms with E-state index in [-0.39, 0.29) is 11.3 Å². The second-order valence-corrected chi connectivity index (χ2v) is 5.90. The number of rotatable bonds is 9. The van der Waals surface area contributed by atoms with Gasteiger partial charge in [-0.2, -0.15) is 0 Å². The number of amides is 2. The van der Waals surface area contributed by atoms with Gasteiger partial charge in [0.1, 0.15) is 18.0 Å². The molecule has 2 aromatic carbocycles. The first-order valence-electron chi connectivity index (χ1n) is 8.77. The molecule has 0 saturated carbocycles. The Morgan fingerprint density at radius 1 is 0.933 bits per heavy atom. The second-order valence-electron chi connectivity index (χ2n) is 5.90. The maximum atomic E-state index is 12.7. The van der Waals surface area contributed by atoms with Gasteiger partial charge in [0.2, 0.25) is 0 Å². The van der Waals surface area contributed by atoms with Gasteiger partial charge in [0.25, 0.3) is 11.8 Å². The summed E-state index contributed by atoms with van der Waals surface area (Å²) in [6.45, 7) is -0.603. The number of methoxy groups -OCH3 is 3. The predicted octanol–water partition coefficient (Wildman–Crippen LogP) is 1.68. The fourth-order valence-electron chi connectivity index (χ4n) is 2.52. The molecule has 0 fully saturated rings. The van der Waals surface area contributed by atoms with Crippen LogP contribution in [0.2, 0.25) is 0 Å². The Bertz CT molecular complexity index is 970. The van der Waals surface area contributed by atoms with Crippen LogP contribution in [0.25, 0.3) is 6.08 Å². The zero-order valence-corrected chi connectivity index (χ0v) is 16.7. The molecule has 0 aliphatic carbocycles. The summed E-state index contributed by atoms with van der Waals surface area (Å²) in [5, 5.41) is 13.6. The summed E-state index contributed by atoms with van der Waals surface area (Å²) in [5.41, 5.74) is 0.582. The van der Waals surface area contributed by atoms with Crippen LogP contribution in [-0.4, -0.2) is 50.8 Å². The Kier molecular flexibility index (Phi) is 7.81. The first-order chi connectivity index (χ1) is 14.4. The van der Waals surface area contributed by atoms with Gasteiger partial charge in [-0.15, -0.1) is 0 Å². The zero-order valence-electron chi connectivity index (χ0n) is 16.7. The van der Waals surface area contributed by atoms with Crippen LogP contribution in [0.4, 0.5) is 0 Å². The van der Waals surface area contributed by atoms with E-state index in [1.54, 1.807) is 30.3 Å². The molecule has 9 nitrogen and oxygen atoms in total. The van der Waals surface area contributed by atoms with E-state index < -0.39 is 24.3 Å². The molecule has 0 heterocycles. The molecule has 0 unspecified atom stereocenters. The summed E-state index contributed by atoms with van der Waals surface area (Å²) in [6, 6.07) is 11.4. The third-order valence-electron chi connectivity index (χ3n) is 3.98. The van der Waals surface area contributed by atoms with Gasteiger partial charge < -0.3 is 30.0 Å². The molecule has 0 bridgehead atoms. The van der Waals surface area contributed by atoms with Crippen LogP contribution in [0.5, 0.6) is 17.2 Å². The number of carbonyl (C=O) groups excluding carboxylic acids is 2. The number of aliphatic carboxylic acids is 1. The molecule has 9 heteroatoms. The van der Waals surface area contributed by atoms with Gasteiger partial charge in [-0.3, -0.25) is 14.4 Å². The maximum absolute atomic E-state index is 12.7. The minimum atomic E-state index is -1.22. The molecular weight excluding hydrogens is 392 g/mol. The van der Waals surface area contributed by atoms with Crippen LogP contribution >= 0.6 is 0 Å². The molecule has 0 aromatic heterocycles. The highest BCUT2D eigenvalue weighted by atomic mass is 16.5. The van der Waals surface area contributed by atoms with Crippen molar-refractivity contribution in [3.8, 4) is 17.2 Å². The van der Waals surface area contributed by atoms with E-state index in [0.29, 0.717) is 22.8 Å². The number of carboxylic acids is 1. The number of ether oxygens (including phenoxy) is 3. The quantitative estimate of drug-likeness (QED) is 0.534. The summed E-state index contributed by atoms with van der Waals surface area (Å²) in [5.74, 6) is -1.32. The summed E-state index contributed by atoms with van der Waals surface area (Å²) in [4.78, 5) is 36.0. The lowest BCUT2D eigenvalue weighted by molar-refractivity contribution is -0.137. The molecule has 3 N–H and O–H groups in total. The Morgan fingerprint density at radius 3 is 2.23 bits per heavy atom. The maximum Gasteiger partial charge on any atom is 0.322 e. The highest BCUT2D eigenvalue weighted by molar-refractivity contribution is 6.06. The fourth-order valence-corrected chi connectivity index (χ4v) is 2.52. The van der Waals surface area contributed by atoms with Crippen molar-refractivity contribution in [3.05, 3.63) is 59.3 Å². The molecule has 0 saturated heterocycles. The minimum Gasteiger partial charge on any atom is -0.496 e. The van der Waals surface area contributed by atoms with Crippen LogP contribution in [-0.2, 0) is 9.59 Å².